The van der Waals surface area contributed by atoms with E-state index >= 15 is 0 Å². The summed E-state index contributed by atoms with van der Waals surface area (Å²) in [6, 6.07) is 8.23. The minimum absolute atomic E-state index is 0.209. The molecular weight excluding hydrogens is 526 g/mol. The molecule has 6 atom stereocenters. The molecule has 1 aliphatic heterocycles. The predicted octanol–water partition coefficient (Wildman–Crippen LogP) is -1.84. The van der Waals surface area contributed by atoms with Gasteiger partial charge in [-0.2, -0.15) is 5.10 Å². The molecule has 0 spiro atoms. The number of ether oxygens (including phenoxy) is 1. The van der Waals surface area contributed by atoms with Crippen LogP contribution in [-0.4, -0.2) is 63.8 Å². The Hall–Kier alpha value is -2.49. The third-order valence-electron chi connectivity index (χ3n) is 5.46. The lowest BCUT2D eigenvalue weighted by Crippen LogP contribution is -2.43. The van der Waals surface area contributed by atoms with Crippen LogP contribution in [-0.2, 0) is 36.3 Å². The van der Waals surface area contributed by atoms with Crippen LogP contribution in [0.1, 0.15) is 11.9 Å². The number of benzene rings is 1. The van der Waals surface area contributed by atoms with Gasteiger partial charge in [0.25, 0.3) is 13.4 Å². The average Bonchev–Trinajstić information content (AvgIpc) is 3.25. The smallest absolute Gasteiger partial charge is 0.478 e. The zero-order valence-corrected chi connectivity index (χ0v) is 20.2. The molecule has 3 unspecified atom stereocenters. The van der Waals surface area contributed by atoms with Crippen molar-refractivity contribution in [3.8, 4) is 0 Å². The summed E-state index contributed by atoms with van der Waals surface area (Å²) in [7, 11) is -9.22. The number of para-hydroxylation sites is 1. The first-order valence-corrected chi connectivity index (χ1v) is 13.2. The van der Waals surface area contributed by atoms with E-state index in [1.165, 1.54) is 0 Å². The first kappa shape index (κ1) is 26.6. The molecule has 1 saturated heterocycles. The van der Waals surface area contributed by atoms with Crippen molar-refractivity contribution in [2.75, 3.05) is 6.61 Å². The Morgan fingerprint density at radius 2 is 1.83 bits per heavy atom. The van der Waals surface area contributed by atoms with E-state index in [1.807, 2.05) is 12.1 Å². The Kier molecular flexibility index (Phi) is 7.20. The quantitative estimate of drug-likeness (QED) is 0.228. The lowest BCUT2D eigenvalue weighted by atomic mass is 10.1. The van der Waals surface area contributed by atoms with Gasteiger partial charge < -0.3 is 29.6 Å². The van der Waals surface area contributed by atoms with E-state index in [-0.39, 0.29) is 6.54 Å². The Bertz CT molecular complexity index is 1490. The molecule has 16 nitrogen and oxygen atoms in total. The largest absolute Gasteiger partial charge is 0.756 e. The Labute approximate surface area is 201 Å². The van der Waals surface area contributed by atoms with E-state index < -0.39 is 58.0 Å². The van der Waals surface area contributed by atoms with E-state index in [4.69, 9.17) is 9.63 Å². The fourth-order valence-electron chi connectivity index (χ4n) is 3.84. The number of aromatic nitrogens is 4. The molecule has 0 radical (unpaired) electrons. The topological polar surface area (TPSA) is 228 Å². The summed E-state index contributed by atoms with van der Waals surface area (Å²) < 4.78 is 38.9. The van der Waals surface area contributed by atoms with Crippen molar-refractivity contribution in [1.82, 2.24) is 18.9 Å². The number of phosphoric ester groups is 1. The maximum Gasteiger partial charge on any atom is 0.478 e. The highest BCUT2D eigenvalue weighted by atomic mass is 31.3. The zero-order valence-electron chi connectivity index (χ0n) is 18.4. The second-order valence-corrected chi connectivity index (χ2v) is 10.7. The fourth-order valence-corrected chi connectivity index (χ4v) is 5.41. The molecule has 0 saturated carbocycles. The number of hydrogen-bond acceptors (Lipinski definition) is 11. The van der Waals surface area contributed by atoms with Gasteiger partial charge in [0.05, 0.1) is 24.4 Å². The van der Waals surface area contributed by atoms with Crippen molar-refractivity contribution in [2.24, 2.45) is 7.05 Å². The van der Waals surface area contributed by atoms with Crippen LogP contribution in [0, 0.1) is 0 Å². The highest BCUT2D eigenvalue weighted by Gasteiger charge is 2.45. The summed E-state index contributed by atoms with van der Waals surface area (Å²) in [5.41, 5.74) is -0.360. The number of hydrogen-bond donors (Lipinski definition) is 4. The normalized spacial score (nSPS) is 25.6. The molecule has 1 aliphatic rings. The minimum atomic E-state index is -5.62. The first-order chi connectivity index (χ1) is 16.8. The Balaban J connectivity index is 1.58. The SMILES string of the molecule is Cn1nc(Cn2c(=O)ccn([C@@H]3O[C@H](COP(=O)(O)OP(=O)([O-])O)C(O)[C@@H]3O)c2=O)c2ccccc21. The standard InChI is InChI=1S/C18H22N4O12P2/c1-20-12-5-3-2-4-10(12)11(19-20)8-22-14(23)6-7-21(18(22)26)17-16(25)15(24)13(33-17)9-32-36(30,31)34-35(27,28)29/h2-7,13,15-17,24-25H,8-9H2,1H3,(H,30,31)(H2,27,28,29)/p-1/t13-,15?,16+,17-/m1/s1. The summed E-state index contributed by atoms with van der Waals surface area (Å²) in [5.74, 6) is 0. The molecule has 18 heteroatoms. The monoisotopic (exact) mass is 547 g/mol. The van der Waals surface area contributed by atoms with Crippen molar-refractivity contribution in [2.45, 2.75) is 31.1 Å². The van der Waals surface area contributed by atoms with E-state index in [9.17, 15) is 38.7 Å². The summed E-state index contributed by atoms with van der Waals surface area (Å²) >= 11 is 0. The van der Waals surface area contributed by atoms with E-state index in [2.05, 4.69) is 13.9 Å². The second-order valence-electron chi connectivity index (χ2n) is 7.88. The predicted molar refractivity (Wildman–Crippen MR) is 117 cm³/mol. The minimum Gasteiger partial charge on any atom is -0.756 e. The lowest BCUT2D eigenvalue weighted by Gasteiger charge is -2.21. The zero-order chi connectivity index (χ0) is 26.4. The van der Waals surface area contributed by atoms with Crippen LogP contribution in [0.5, 0.6) is 0 Å². The molecule has 2 aromatic heterocycles. The number of aliphatic hydroxyl groups is 2. The Morgan fingerprint density at radius 1 is 1.14 bits per heavy atom. The van der Waals surface area contributed by atoms with Gasteiger partial charge >= 0.3 is 13.5 Å². The van der Waals surface area contributed by atoms with Crippen LogP contribution in [0.4, 0.5) is 0 Å². The maximum atomic E-state index is 13.1. The molecule has 3 heterocycles. The number of phosphoric acid groups is 2. The molecule has 0 bridgehead atoms. The number of rotatable bonds is 8. The van der Waals surface area contributed by atoms with Crippen molar-refractivity contribution in [3.63, 3.8) is 0 Å². The third kappa shape index (κ3) is 5.43. The summed E-state index contributed by atoms with van der Waals surface area (Å²) in [6.45, 7) is -1.17. The average molecular weight is 547 g/mol. The highest BCUT2D eigenvalue weighted by Crippen LogP contribution is 2.55. The number of fused-ring (bicyclic) bond motifs is 1. The van der Waals surface area contributed by atoms with Gasteiger partial charge in [-0.05, 0) is 6.07 Å². The molecule has 4 rings (SSSR count). The van der Waals surface area contributed by atoms with Crippen molar-refractivity contribution >= 4 is 26.5 Å². The fraction of sp³-hybridized carbons (Fsp3) is 0.389. The van der Waals surface area contributed by atoms with Gasteiger partial charge in [0.2, 0.25) is 0 Å². The van der Waals surface area contributed by atoms with E-state index in [0.29, 0.717) is 11.1 Å². The lowest BCUT2D eigenvalue weighted by molar-refractivity contribution is -0.212. The molecule has 4 N–H and O–H groups in total. The van der Waals surface area contributed by atoms with Crippen molar-refractivity contribution in [3.05, 3.63) is 63.1 Å². The molecule has 0 amide bonds. The van der Waals surface area contributed by atoms with Gasteiger partial charge in [-0.15, -0.1) is 0 Å². The maximum absolute atomic E-state index is 13.1. The van der Waals surface area contributed by atoms with Crippen LogP contribution < -0.4 is 16.1 Å². The third-order valence-corrected chi connectivity index (χ3v) is 7.58. The summed E-state index contributed by atoms with van der Waals surface area (Å²) in [5, 5.41) is 25.8. The van der Waals surface area contributed by atoms with Gasteiger partial charge in [-0.25, -0.2) is 13.7 Å². The van der Waals surface area contributed by atoms with Gasteiger partial charge in [0.15, 0.2) is 6.23 Å². The number of nitrogens with zero attached hydrogens (tertiary/aromatic N) is 4. The first-order valence-electron chi connectivity index (χ1n) is 10.2. The number of aliphatic hydroxyl groups excluding tert-OH is 2. The molecular formula is C18H21N4O12P2-. The highest BCUT2D eigenvalue weighted by molar-refractivity contribution is 7.60. The molecule has 3 aromatic rings. The van der Waals surface area contributed by atoms with Crippen molar-refractivity contribution in [1.29, 1.82) is 0 Å². The van der Waals surface area contributed by atoms with Crippen LogP contribution in [0.15, 0.2) is 46.1 Å². The van der Waals surface area contributed by atoms with Crippen LogP contribution >= 0.6 is 15.6 Å². The van der Waals surface area contributed by atoms with Crippen molar-refractivity contribution < 1.29 is 47.6 Å². The van der Waals surface area contributed by atoms with E-state index in [0.717, 1.165) is 26.9 Å². The van der Waals surface area contributed by atoms with Gasteiger partial charge in [-0.1, -0.05) is 18.2 Å². The molecule has 1 fully saturated rings. The van der Waals surface area contributed by atoms with Gasteiger partial charge in [-0.3, -0.25) is 27.7 Å². The molecule has 1 aromatic carbocycles. The molecule has 196 valence electrons. The molecule has 0 aliphatic carbocycles. The van der Waals surface area contributed by atoms with Gasteiger partial charge in [0, 0.05) is 24.7 Å². The summed E-state index contributed by atoms with van der Waals surface area (Å²) in [6.07, 6.45) is -5.53. The molecule has 36 heavy (non-hydrogen) atoms. The van der Waals surface area contributed by atoms with Crippen LogP contribution in [0.25, 0.3) is 10.9 Å². The second kappa shape index (κ2) is 9.76. The van der Waals surface area contributed by atoms with Gasteiger partial charge in [0.1, 0.15) is 18.3 Å². The van der Waals surface area contributed by atoms with Crippen LogP contribution in [0.3, 0.4) is 0 Å². The summed E-state index contributed by atoms with van der Waals surface area (Å²) in [4.78, 5) is 54.2. The number of aryl methyl sites for hydroxylation is 1. The Morgan fingerprint density at radius 3 is 2.53 bits per heavy atom. The van der Waals surface area contributed by atoms with Crippen LogP contribution in [0.2, 0.25) is 0 Å². The van der Waals surface area contributed by atoms with E-state index in [1.54, 1.807) is 23.9 Å².